The molecule has 2 unspecified atom stereocenters. The first-order valence-electron chi connectivity index (χ1n) is 7.92. The van der Waals surface area contributed by atoms with Crippen molar-refractivity contribution in [3.63, 3.8) is 0 Å². The second-order valence-electron chi connectivity index (χ2n) is 5.72. The van der Waals surface area contributed by atoms with Crippen molar-refractivity contribution in [2.45, 2.75) is 51.3 Å². The molecule has 0 aromatic rings. The average molecular weight is 314 g/mol. The molecule has 2 atom stereocenters. The molecule has 1 aliphatic rings. The lowest BCUT2D eigenvalue weighted by atomic mass is 10.2. The molecule has 1 saturated carbocycles. The summed E-state index contributed by atoms with van der Waals surface area (Å²) in [4.78, 5) is 16.0. The zero-order valence-electron chi connectivity index (χ0n) is 13.7. The summed E-state index contributed by atoms with van der Waals surface area (Å²) in [5, 5.41) is 10.4. The Kier molecular flexibility index (Phi) is 8.57. The number of hydrogen-bond acceptors (Lipinski definition) is 3. The van der Waals surface area contributed by atoms with E-state index in [2.05, 4.69) is 34.1 Å². The van der Waals surface area contributed by atoms with Crippen LogP contribution >= 0.6 is 11.8 Å². The van der Waals surface area contributed by atoms with E-state index in [1.807, 2.05) is 25.6 Å². The van der Waals surface area contributed by atoms with Crippen LogP contribution in [0.3, 0.4) is 0 Å². The van der Waals surface area contributed by atoms with Gasteiger partial charge in [-0.25, -0.2) is 0 Å². The van der Waals surface area contributed by atoms with Gasteiger partial charge in [0.05, 0.1) is 6.54 Å². The second-order valence-corrected chi connectivity index (χ2v) is 6.86. The first kappa shape index (κ1) is 18.1. The summed E-state index contributed by atoms with van der Waals surface area (Å²) in [6.45, 7) is 7.90. The summed E-state index contributed by atoms with van der Waals surface area (Å²) in [5.41, 5.74) is 0. The first-order valence-corrected chi connectivity index (χ1v) is 9.21. The number of rotatable bonds is 7. The Morgan fingerprint density at radius 3 is 2.67 bits per heavy atom. The fourth-order valence-corrected chi connectivity index (χ4v) is 3.15. The smallest absolute Gasteiger partial charge is 0.222 e. The molecule has 3 N–H and O–H groups in total. The van der Waals surface area contributed by atoms with Crippen LogP contribution in [-0.2, 0) is 4.79 Å². The van der Waals surface area contributed by atoms with Crippen molar-refractivity contribution in [1.29, 1.82) is 0 Å². The maximum atomic E-state index is 11.5. The zero-order valence-corrected chi connectivity index (χ0v) is 14.6. The molecule has 0 spiro atoms. The number of thioether (sulfide) groups is 1. The molecule has 21 heavy (non-hydrogen) atoms. The standard InChI is InChI=1S/C15H30N4OS/c1-5-16-15(18-9-8-17-14(20)11(2)3)19-12-6-7-13(10-12)21-4/h11-13H,5-10H2,1-4H3,(H,17,20)(H2,16,18,19). The maximum absolute atomic E-state index is 11.5. The van der Waals surface area contributed by atoms with Crippen LogP contribution in [0.25, 0.3) is 0 Å². The number of aliphatic imine (C=N–C) groups is 1. The predicted molar refractivity (Wildman–Crippen MR) is 91.9 cm³/mol. The molecule has 0 saturated heterocycles. The molecule has 0 heterocycles. The summed E-state index contributed by atoms with van der Waals surface area (Å²) in [7, 11) is 0. The molecular formula is C15H30N4OS. The number of guanidine groups is 1. The highest BCUT2D eigenvalue weighted by atomic mass is 32.2. The van der Waals surface area contributed by atoms with E-state index in [-0.39, 0.29) is 11.8 Å². The number of amides is 1. The molecule has 0 bridgehead atoms. The van der Waals surface area contributed by atoms with Crippen molar-refractivity contribution in [3.8, 4) is 0 Å². The lowest BCUT2D eigenvalue weighted by Gasteiger charge is -2.17. The predicted octanol–water partition coefficient (Wildman–Crippen LogP) is 1.60. The van der Waals surface area contributed by atoms with Crippen molar-refractivity contribution in [2.24, 2.45) is 10.9 Å². The quantitative estimate of drug-likeness (QED) is 0.379. The first-order chi connectivity index (χ1) is 10.1. The van der Waals surface area contributed by atoms with E-state index in [0.717, 1.165) is 17.8 Å². The van der Waals surface area contributed by atoms with Gasteiger partial charge in [-0.15, -0.1) is 0 Å². The van der Waals surface area contributed by atoms with Gasteiger partial charge in [0.25, 0.3) is 0 Å². The Morgan fingerprint density at radius 1 is 1.33 bits per heavy atom. The Hall–Kier alpha value is -0.910. The lowest BCUT2D eigenvalue weighted by molar-refractivity contribution is -0.123. The molecule has 122 valence electrons. The van der Waals surface area contributed by atoms with Gasteiger partial charge < -0.3 is 16.0 Å². The minimum absolute atomic E-state index is 0.0299. The van der Waals surface area contributed by atoms with Gasteiger partial charge in [-0.1, -0.05) is 13.8 Å². The fourth-order valence-electron chi connectivity index (χ4n) is 2.35. The highest BCUT2D eigenvalue weighted by molar-refractivity contribution is 7.99. The van der Waals surface area contributed by atoms with E-state index in [4.69, 9.17) is 0 Å². The van der Waals surface area contributed by atoms with Gasteiger partial charge in [-0.3, -0.25) is 9.79 Å². The highest BCUT2D eigenvalue weighted by Gasteiger charge is 2.24. The van der Waals surface area contributed by atoms with Crippen molar-refractivity contribution in [3.05, 3.63) is 0 Å². The van der Waals surface area contributed by atoms with Crippen LogP contribution in [0.1, 0.15) is 40.0 Å². The third-order valence-corrected chi connectivity index (χ3v) is 4.70. The van der Waals surface area contributed by atoms with Gasteiger partial charge in [0.1, 0.15) is 0 Å². The summed E-state index contributed by atoms with van der Waals surface area (Å²) < 4.78 is 0. The Morgan fingerprint density at radius 2 is 2.10 bits per heavy atom. The molecule has 1 fully saturated rings. The summed E-state index contributed by atoms with van der Waals surface area (Å²) >= 11 is 1.96. The van der Waals surface area contributed by atoms with Crippen molar-refractivity contribution >= 4 is 23.6 Å². The average Bonchev–Trinajstić information content (AvgIpc) is 2.90. The Bertz CT molecular complexity index is 347. The van der Waals surface area contributed by atoms with Crippen molar-refractivity contribution in [1.82, 2.24) is 16.0 Å². The van der Waals surface area contributed by atoms with Gasteiger partial charge in [0, 0.05) is 30.3 Å². The summed E-state index contributed by atoms with van der Waals surface area (Å²) in [6.07, 6.45) is 5.88. The number of nitrogens with zero attached hydrogens (tertiary/aromatic N) is 1. The van der Waals surface area contributed by atoms with E-state index >= 15 is 0 Å². The minimum Gasteiger partial charge on any atom is -0.357 e. The lowest BCUT2D eigenvalue weighted by Crippen LogP contribution is -2.43. The van der Waals surface area contributed by atoms with Crippen LogP contribution in [0.15, 0.2) is 4.99 Å². The largest absolute Gasteiger partial charge is 0.357 e. The molecule has 0 aliphatic heterocycles. The third kappa shape index (κ3) is 7.07. The molecule has 1 aliphatic carbocycles. The van der Waals surface area contributed by atoms with Gasteiger partial charge in [0.2, 0.25) is 5.91 Å². The maximum Gasteiger partial charge on any atom is 0.222 e. The van der Waals surface area contributed by atoms with E-state index in [0.29, 0.717) is 19.1 Å². The van der Waals surface area contributed by atoms with Gasteiger partial charge in [-0.05, 0) is 32.4 Å². The SMILES string of the molecule is CCNC(=NCCNC(=O)C(C)C)NC1CCC(SC)C1. The molecule has 1 rings (SSSR count). The van der Waals surface area contributed by atoms with E-state index < -0.39 is 0 Å². The fraction of sp³-hybridized carbons (Fsp3) is 0.867. The van der Waals surface area contributed by atoms with E-state index in [9.17, 15) is 4.79 Å². The zero-order chi connectivity index (χ0) is 15.7. The van der Waals surface area contributed by atoms with E-state index in [1.165, 1.54) is 19.3 Å². The summed E-state index contributed by atoms with van der Waals surface area (Å²) in [6, 6.07) is 0.519. The molecule has 1 amide bonds. The number of hydrogen-bond donors (Lipinski definition) is 3. The summed E-state index contributed by atoms with van der Waals surface area (Å²) in [5.74, 6) is 0.979. The van der Waals surface area contributed by atoms with Gasteiger partial charge in [0.15, 0.2) is 5.96 Å². The van der Waals surface area contributed by atoms with Crippen LogP contribution in [0.2, 0.25) is 0 Å². The Labute approximate surface area is 133 Å². The second kappa shape index (κ2) is 9.92. The van der Waals surface area contributed by atoms with Gasteiger partial charge >= 0.3 is 0 Å². The van der Waals surface area contributed by atoms with Crippen LogP contribution in [0.4, 0.5) is 0 Å². The minimum atomic E-state index is 0.0299. The molecule has 0 aromatic carbocycles. The monoisotopic (exact) mass is 314 g/mol. The van der Waals surface area contributed by atoms with E-state index in [1.54, 1.807) is 0 Å². The van der Waals surface area contributed by atoms with Crippen LogP contribution in [0.5, 0.6) is 0 Å². The topological polar surface area (TPSA) is 65.5 Å². The highest BCUT2D eigenvalue weighted by Crippen LogP contribution is 2.27. The molecular weight excluding hydrogens is 284 g/mol. The van der Waals surface area contributed by atoms with Crippen LogP contribution in [0, 0.1) is 5.92 Å². The third-order valence-electron chi connectivity index (χ3n) is 3.61. The van der Waals surface area contributed by atoms with Gasteiger partial charge in [-0.2, -0.15) is 11.8 Å². The normalized spacial score (nSPS) is 22.4. The van der Waals surface area contributed by atoms with Crippen LogP contribution < -0.4 is 16.0 Å². The molecule has 5 nitrogen and oxygen atoms in total. The number of carbonyl (C=O) groups excluding carboxylic acids is 1. The van der Waals surface area contributed by atoms with Crippen molar-refractivity contribution in [2.75, 3.05) is 25.9 Å². The number of carbonyl (C=O) groups is 1. The van der Waals surface area contributed by atoms with Crippen molar-refractivity contribution < 1.29 is 4.79 Å². The molecule has 0 aromatic heterocycles. The Balaban J connectivity index is 2.34. The molecule has 6 heteroatoms. The molecule has 0 radical (unpaired) electrons. The van der Waals surface area contributed by atoms with Crippen LogP contribution in [-0.4, -0.2) is 49.0 Å². The number of nitrogens with one attached hydrogen (secondary N) is 3.